The van der Waals surface area contributed by atoms with Gasteiger partial charge in [0.25, 0.3) is 0 Å². The van der Waals surface area contributed by atoms with Crippen molar-refractivity contribution < 1.29 is 27.3 Å². The van der Waals surface area contributed by atoms with Gasteiger partial charge in [0.2, 0.25) is 11.7 Å². The van der Waals surface area contributed by atoms with Gasteiger partial charge < -0.3 is 4.52 Å². The zero-order chi connectivity index (χ0) is 17.9. The van der Waals surface area contributed by atoms with Crippen LogP contribution >= 0.6 is 11.3 Å². The fourth-order valence-electron chi connectivity index (χ4n) is 1.82. The second kappa shape index (κ2) is 7.31. The Hall–Kier alpha value is -1.94. The van der Waals surface area contributed by atoms with Gasteiger partial charge in [0.1, 0.15) is 0 Å². The second-order valence-electron chi connectivity index (χ2n) is 5.05. The summed E-state index contributed by atoms with van der Waals surface area (Å²) >= 11 is 1.16. The Morgan fingerprint density at radius 2 is 2.17 bits per heavy atom. The van der Waals surface area contributed by atoms with E-state index >= 15 is 0 Å². The highest BCUT2D eigenvalue weighted by atomic mass is 32.1. The minimum absolute atomic E-state index is 0.143. The van der Waals surface area contributed by atoms with Crippen molar-refractivity contribution in [2.45, 2.75) is 33.0 Å². The molecule has 0 aromatic carbocycles. The number of nitrogens with zero attached hydrogens (tertiary/aromatic N) is 3. The third-order valence-electron chi connectivity index (χ3n) is 3.35. The fourth-order valence-corrected chi connectivity index (χ4v) is 2.73. The minimum Gasteiger partial charge on any atom is -0.329 e. The van der Waals surface area contributed by atoms with Gasteiger partial charge in [-0.3, -0.25) is 9.63 Å². The van der Waals surface area contributed by atoms with Gasteiger partial charge in [-0.25, -0.2) is 5.06 Å². The molecule has 132 valence electrons. The molecule has 2 aromatic rings. The van der Waals surface area contributed by atoms with E-state index in [0.29, 0.717) is 11.3 Å². The standard InChI is InChI=1S/C14H16F3N3O3S/c1-4-8(2)12(21)20(22-3)7-9-5-6-10(24-9)11-18-13(23-19-11)14(15,16)17/h5-6,8H,4,7H2,1-3H3. The summed E-state index contributed by atoms with van der Waals surface area (Å²) in [4.78, 5) is 21.7. The van der Waals surface area contributed by atoms with Crippen molar-refractivity contribution in [2.24, 2.45) is 5.92 Å². The Bertz CT molecular complexity index is 699. The number of hydrogen-bond donors (Lipinski definition) is 0. The molecule has 2 rings (SSSR count). The predicted molar refractivity (Wildman–Crippen MR) is 79.6 cm³/mol. The molecule has 0 spiro atoms. The Balaban J connectivity index is 2.13. The highest BCUT2D eigenvalue weighted by Gasteiger charge is 2.38. The van der Waals surface area contributed by atoms with Crippen LogP contribution in [-0.2, 0) is 22.4 Å². The summed E-state index contributed by atoms with van der Waals surface area (Å²) in [5.74, 6) is -1.88. The van der Waals surface area contributed by atoms with E-state index in [1.807, 2.05) is 6.92 Å². The quantitative estimate of drug-likeness (QED) is 0.731. The van der Waals surface area contributed by atoms with E-state index in [9.17, 15) is 18.0 Å². The van der Waals surface area contributed by atoms with Crippen LogP contribution in [0, 0.1) is 5.92 Å². The number of amides is 1. The highest BCUT2D eigenvalue weighted by molar-refractivity contribution is 7.15. The lowest BCUT2D eigenvalue weighted by Crippen LogP contribution is -2.33. The van der Waals surface area contributed by atoms with E-state index in [2.05, 4.69) is 14.7 Å². The van der Waals surface area contributed by atoms with Crippen molar-refractivity contribution in [1.82, 2.24) is 15.2 Å². The molecular weight excluding hydrogens is 347 g/mol. The van der Waals surface area contributed by atoms with Crippen molar-refractivity contribution >= 4 is 17.2 Å². The number of thiophene rings is 1. The number of hydrogen-bond acceptors (Lipinski definition) is 6. The predicted octanol–water partition coefficient (Wildman–Crippen LogP) is 3.75. The molecule has 1 atom stereocenters. The molecule has 2 heterocycles. The minimum atomic E-state index is -4.68. The van der Waals surface area contributed by atoms with Crippen LogP contribution in [0.2, 0.25) is 0 Å². The molecule has 6 nitrogen and oxygen atoms in total. The van der Waals surface area contributed by atoms with Gasteiger partial charge >= 0.3 is 12.1 Å². The van der Waals surface area contributed by atoms with Crippen LogP contribution in [-0.4, -0.2) is 28.2 Å². The van der Waals surface area contributed by atoms with Crippen LogP contribution in [0.5, 0.6) is 0 Å². The lowest BCUT2D eigenvalue weighted by Gasteiger charge is -2.21. The molecule has 24 heavy (non-hydrogen) atoms. The molecule has 2 aromatic heterocycles. The van der Waals surface area contributed by atoms with Crippen LogP contribution in [0.4, 0.5) is 13.2 Å². The largest absolute Gasteiger partial charge is 0.471 e. The van der Waals surface area contributed by atoms with E-state index in [1.165, 1.54) is 12.2 Å². The van der Waals surface area contributed by atoms with E-state index in [0.717, 1.165) is 16.2 Å². The molecule has 0 saturated heterocycles. The third-order valence-corrected chi connectivity index (χ3v) is 4.42. The number of aromatic nitrogens is 2. The van der Waals surface area contributed by atoms with Crippen molar-refractivity contribution in [3.63, 3.8) is 0 Å². The number of hydroxylamine groups is 2. The third kappa shape index (κ3) is 4.12. The average molecular weight is 363 g/mol. The van der Waals surface area contributed by atoms with Crippen LogP contribution < -0.4 is 0 Å². The van der Waals surface area contributed by atoms with E-state index in [4.69, 9.17) is 4.84 Å². The van der Waals surface area contributed by atoms with Crippen molar-refractivity contribution in [3.8, 4) is 10.7 Å². The molecule has 0 N–H and O–H groups in total. The summed E-state index contributed by atoms with van der Waals surface area (Å²) in [6, 6.07) is 3.26. The van der Waals surface area contributed by atoms with Gasteiger partial charge in [0, 0.05) is 10.8 Å². The molecule has 0 saturated carbocycles. The Labute approximate surface area is 140 Å². The normalized spacial score (nSPS) is 13.1. The maximum absolute atomic E-state index is 12.5. The van der Waals surface area contributed by atoms with Crippen LogP contribution in [0.3, 0.4) is 0 Å². The topological polar surface area (TPSA) is 68.5 Å². The maximum atomic E-state index is 12.5. The zero-order valence-corrected chi connectivity index (χ0v) is 14.1. The number of alkyl halides is 3. The summed E-state index contributed by atoms with van der Waals surface area (Å²) in [7, 11) is 1.39. The Kier molecular flexibility index (Phi) is 5.60. The van der Waals surface area contributed by atoms with E-state index in [1.54, 1.807) is 19.1 Å². The zero-order valence-electron chi connectivity index (χ0n) is 13.3. The first-order valence-corrected chi connectivity index (χ1v) is 7.93. The molecule has 1 amide bonds. The molecular formula is C14H16F3N3O3S. The van der Waals surface area contributed by atoms with Gasteiger partial charge in [0.15, 0.2) is 0 Å². The molecule has 0 fully saturated rings. The van der Waals surface area contributed by atoms with Crippen molar-refractivity contribution in [1.29, 1.82) is 0 Å². The summed E-state index contributed by atoms with van der Waals surface area (Å²) < 4.78 is 41.7. The first kappa shape index (κ1) is 18.4. The monoisotopic (exact) mass is 363 g/mol. The Morgan fingerprint density at radius 3 is 2.71 bits per heavy atom. The molecule has 0 bridgehead atoms. The summed E-state index contributed by atoms with van der Waals surface area (Å²) in [6.45, 7) is 3.88. The first-order valence-electron chi connectivity index (χ1n) is 7.11. The molecule has 0 radical (unpaired) electrons. The molecule has 0 aliphatic rings. The Morgan fingerprint density at radius 1 is 1.46 bits per heavy atom. The van der Waals surface area contributed by atoms with Gasteiger partial charge in [-0.15, -0.1) is 11.3 Å². The van der Waals surface area contributed by atoms with Gasteiger partial charge in [0.05, 0.1) is 18.5 Å². The highest BCUT2D eigenvalue weighted by Crippen LogP contribution is 2.32. The van der Waals surface area contributed by atoms with Gasteiger partial charge in [-0.05, 0) is 18.6 Å². The summed E-state index contributed by atoms with van der Waals surface area (Å²) in [6.07, 6.45) is -4.00. The summed E-state index contributed by atoms with van der Waals surface area (Å²) in [5.41, 5.74) is 0. The number of rotatable bonds is 6. The fraction of sp³-hybridized carbons (Fsp3) is 0.500. The lowest BCUT2D eigenvalue weighted by molar-refractivity contribution is -0.183. The average Bonchev–Trinajstić information content (AvgIpc) is 3.19. The van der Waals surface area contributed by atoms with Crippen molar-refractivity contribution in [3.05, 3.63) is 22.9 Å². The van der Waals surface area contributed by atoms with Crippen molar-refractivity contribution in [2.75, 3.05) is 7.11 Å². The van der Waals surface area contributed by atoms with E-state index in [-0.39, 0.29) is 24.2 Å². The first-order chi connectivity index (χ1) is 11.3. The molecule has 1 unspecified atom stereocenters. The number of carbonyl (C=O) groups excluding carboxylic acids is 1. The second-order valence-corrected chi connectivity index (χ2v) is 6.22. The van der Waals surface area contributed by atoms with Gasteiger partial charge in [-0.2, -0.15) is 18.2 Å². The maximum Gasteiger partial charge on any atom is 0.471 e. The number of halogens is 3. The smallest absolute Gasteiger partial charge is 0.329 e. The summed E-state index contributed by atoms with van der Waals surface area (Å²) in [5, 5.41) is 4.56. The van der Waals surface area contributed by atoms with Crippen LogP contribution in [0.1, 0.15) is 31.0 Å². The van der Waals surface area contributed by atoms with Gasteiger partial charge in [-0.1, -0.05) is 19.0 Å². The SMILES string of the molecule is CCC(C)C(=O)N(Cc1ccc(-c2noc(C(F)(F)F)n2)s1)OC. The molecule has 10 heteroatoms. The number of carbonyl (C=O) groups is 1. The van der Waals surface area contributed by atoms with E-state index < -0.39 is 12.1 Å². The van der Waals surface area contributed by atoms with Crippen LogP contribution in [0.25, 0.3) is 10.7 Å². The lowest BCUT2D eigenvalue weighted by atomic mass is 10.1. The molecule has 0 aliphatic heterocycles. The van der Waals surface area contributed by atoms with Crippen LogP contribution in [0.15, 0.2) is 16.7 Å². The molecule has 0 aliphatic carbocycles.